The van der Waals surface area contributed by atoms with Gasteiger partial charge in [-0.25, -0.2) is 14.4 Å². The van der Waals surface area contributed by atoms with E-state index in [4.69, 9.17) is 0 Å². The lowest BCUT2D eigenvalue weighted by Crippen LogP contribution is -2.14. The molecule has 0 aliphatic carbocycles. The first-order valence-corrected chi connectivity index (χ1v) is 7.01. The van der Waals surface area contributed by atoms with Gasteiger partial charge in [0.05, 0.1) is 5.69 Å². The number of rotatable bonds is 6. The normalized spacial score (nSPS) is 10.7. The quantitative estimate of drug-likeness (QED) is 0.889. The molecule has 5 nitrogen and oxygen atoms in total. The van der Waals surface area contributed by atoms with Gasteiger partial charge in [0.15, 0.2) is 0 Å². The van der Waals surface area contributed by atoms with Crippen LogP contribution in [0.15, 0.2) is 36.9 Å². The Kier molecular flexibility index (Phi) is 5.55. The summed E-state index contributed by atoms with van der Waals surface area (Å²) >= 11 is 0. The summed E-state index contributed by atoms with van der Waals surface area (Å²) in [6.45, 7) is 0.652. The van der Waals surface area contributed by atoms with E-state index in [1.54, 1.807) is 18.5 Å². The average Bonchev–Trinajstić information content (AvgIpc) is 2.48. The van der Waals surface area contributed by atoms with Gasteiger partial charge in [0.25, 0.3) is 0 Å². The minimum atomic E-state index is -0.421. The van der Waals surface area contributed by atoms with Crippen LogP contribution in [0.5, 0.6) is 0 Å². The first kappa shape index (κ1) is 16.0. The molecule has 0 saturated heterocycles. The van der Waals surface area contributed by atoms with Crippen LogP contribution < -0.4 is 5.32 Å². The molecule has 1 heterocycles. The van der Waals surface area contributed by atoms with Gasteiger partial charge in [-0.15, -0.1) is 0 Å². The molecule has 2 rings (SSSR count). The summed E-state index contributed by atoms with van der Waals surface area (Å²) in [5.74, 6) is -0.654. The van der Waals surface area contributed by atoms with E-state index in [1.807, 2.05) is 25.1 Å². The largest absolute Gasteiger partial charge is 0.324 e. The zero-order chi connectivity index (χ0) is 15.9. The van der Waals surface area contributed by atoms with Crippen molar-refractivity contribution in [2.45, 2.75) is 19.4 Å². The SMILES string of the molecule is CN(C)Cc1ccc(NC(=O)CCc2cncnc2)c(F)c1. The molecule has 0 aliphatic heterocycles. The third-order valence-electron chi connectivity index (χ3n) is 3.06. The predicted molar refractivity (Wildman–Crippen MR) is 82.8 cm³/mol. The Bertz CT molecular complexity index is 631. The van der Waals surface area contributed by atoms with Crippen molar-refractivity contribution in [2.24, 2.45) is 0 Å². The Morgan fingerprint density at radius 3 is 2.59 bits per heavy atom. The molecule has 0 fully saturated rings. The molecule has 0 atom stereocenters. The molecule has 2 aromatic rings. The number of aromatic nitrogens is 2. The lowest BCUT2D eigenvalue weighted by Gasteiger charge is -2.11. The van der Waals surface area contributed by atoms with E-state index < -0.39 is 5.82 Å². The summed E-state index contributed by atoms with van der Waals surface area (Å²) in [5, 5.41) is 2.59. The van der Waals surface area contributed by atoms with Gasteiger partial charge in [-0.3, -0.25) is 4.79 Å². The first-order chi connectivity index (χ1) is 10.5. The Balaban J connectivity index is 1.91. The number of aryl methyl sites for hydroxylation is 1. The predicted octanol–water partition coefficient (Wildman–Crippen LogP) is 2.25. The minimum absolute atomic E-state index is 0.205. The number of carbonyl (C=O) groups excluding carboxylic acids is 1. The van der Waals surface area contributed by atoms with Gasteiger partial charge in [0.1, 0.15) is 12.1 Å². The summed E-state index contributed by atoms with van der Waals surface area (Å²) in [4.78, 5) is 21.6. The van der Waals surface area contributed by atoms with Crippen molar-refractivity contribution in [1.82, 2.24) is 14.9 Å². The third kappa shape index (κ3) is 4.89. The van der Waals surface area contributed by atoms with E-state index in [0.717, 1.165) is 11.1 Å². The highest BCUT2D eigenvalue weighted by atomic mass is 19.1. The third-order valence-corrected chi connectivity index (χ3v) is 3.06. The molecule has 116 valence electrons. The van der Waals surface area contributed by atoms with Crippen molar-refractivity contribution in [2.75, 3.05) is 19.4 Å². The number of halogens is 1. The van der Waals surface area contributed by atoms with Gasteiger partial charge in [0.2, 0.25) is 5.91 Å². The van der Waals surface area contributed by atoms with Crippen molar-refractivity contribution in [1.29, 1.82) is 0 Å². The van der Waals surface area contributed by atoms with Crippen LogP contribution in [0.2, 0.25) is 0 Å². The van der Waals surface area contributed by atoms with Crippen molar-refractivity contribution in [3.05, 3.63) is 53.9 Å². The van der Waals surface area contributed by atoms with E-state index in [0.29, 0.717) is 13.0 Å². The highest BCUT2D eigenvalue weighted by Gasteiger charge is 2.08. The fourth-order valence-electron chi connectivity index (χ4n) is 2.05. The fourth-order valence-corrected chi connectivity index (χ4v) is 2.05. The molecular weight excluding hydrogens is 283 g/mol. The van der Waals surface area contributed by atoms with Crippen molar-refractivity contribution >= 4 is 11.6 Å². The number of carbonyl (C=O) groups is 1. The van der Waals surface area contributed by atoms with E-state index in [2.05, 4.69) is 15.3 Å². The summed E-state index contributed by atoms with van der Waals surface area (Å²) < 4.78 is 14.0. The zero-order valence-corrected chi connectivity index (χ0v) is 12.7. The topological polar surface area (TPSA) is 58.1 Å². The zero-order valence-electron chi connectivity index (χ0n) is 12.7. The molecular formula is C16H19FN4O. The molecule has 0 unspecified atom stereocenters. The second-order valence-corrected chi connectivity index (χ2v) is 5.35. The number of hydrogen-bond acceptors (Lipinski definition) is 4. The molecule has 0 saturated carbocycles. The molecule has 0 bridgehead atoms. The van der Waals surface area contributed by atoms with Crippen LogP contribution in [0.1, 0.15) is 17.5 Å². The van der Waals surface area contributed by atoms with E-state index >= 15 is 0 Å². The van der Waals surface area contributed by atoms with Crippen LogP contribution in [0, 0.1) is 5.82 Å². The molecule has 1 aromatic heterocycles. The number of benzene rings is 1. The number of anilines is 1. The second kappa shape index (κ2) is 7.61. The lowest BCUT2D eigenvalue weighted by atomic mass is 10.1. The van der Waals surface area contributed by atoms with Crippen molar-refractivity contribution < 1.29 is 9.18 Å². The molecule has 6 heteroatoms. The van der Waals surface area contributed by atoms with Crippen LogP contribution in [0.3, 0.4) is 0 Å². The highest BCUT2D eigenvalue weighted by Crippen LogP contribution is 2.17. The summed E-state index contributed by atoms with van der Waals surface area (Å²) in [6, 6.07) is 4.85. The van der Waals surface area contributed by atoms with Crippen LogP contribution in [-0.2, 0) is 17.8 Å². The van der Waals surface area contributed by atoms with Crippen LogP contribution in [-0.4, -0.2) is 34.9 Å². The maximum absolute atomic E-state index is 14.0. The second-order valence-electron chi connectivity index (χ2n) is 5.35. The molecule has 1 aromatic carbocycles. The summed E-state index contributed by atoms with van der Waals surface area (Å²) in [6.07, 6.45) is 5.54. The van der Waals surface area contributed by atoms with Gasteiger partial charge in [-0.1, -0.05) is 6.07 Å². The fraction of sp³-hybridized carbons (Fsp3) is 0.312. The van der Waals surface area contributed by atoms with Crippen LogP contribution in [0.25, 0.3) is 0 Å². The smallest absolute Gasteiger partial charge is 0.224 e. The number of nitrogens with zero attached hydrogens (tertiary/aromatic N) is 3. The Hall–Kier alpha value is -2.34. The van der Waals surface area contributed by atoms with Gasteiger partial charge in [-0.2, -0.15) is 0 Å². The molecule has 0 aliphatic rings. The average molecular weight is 302 g/mol. The monoisotopic (exact) mass is 302 g/mol. The first-order valence-electron chi connectivity index (χ1n) is 7.01. The molecule has 0 spiro atoms. The molecule has 22 heavy (non-hydrogen) atoms. The number of amides is 1. The van der Waals surface area contributed by atoms with Crippen molar-refractivity contribution in [3.63, 3.8) is 0 Å². The maximum atomic E-state index is 14.0. The van der Waals surface area contributed by atoms with Crippen molar-refractivity contribution in [3.8, 4) is 0 Å². The molecule has 1 N–H and O–H groups in total. The van der Waals surface area contributed by atoms with Gasteiger partial charge in [-0.05, 0) is 43.8 Å². The van der Waals surface area contributed by atoms with Crippen LogP contribution >= 0.6 is 0 Å². The van der Waals surface area contributed by atoms with E-state index in [9.17, 15) is 9.18 Å². The standard InChI is InChI=1S/C16H19FN4O/c1-21(2)10-12-3-5-15(14(17)7-12)20-16(22)6-4-13-8-18-11-19-9-13/h3,5,7-9,11H,4,6,10H2,1-2H3,(H,20,22). The van der Waals surface area contributed by atoms with Gasteiger partial charge < -0.3 is 10.2 Å². The lowest BCUT2D eigenvalue weighted by molar-refractivity contribution is -0.116. The highest BCUT2D eigenvalue weighted by molar-refractivity contribution is 5.90. The van der Waals surface area contributed by atoms with E-state index in [-0.39, 0.29) is 18.0 Å². The minimum Gasteiger partial charge on any atom is -0.324 e. The van der Waals surface area contributed by atoms with Gasteiger partial charge in [0, 0.05) is 25.4 Å². The van der Waals surface area contributed by atoms with Gasteiger partial charge >= 0.3 is 0 Å². The Morgan fingerprint density at radius 1 is 1.23 bits per heavy atom. The van der Waals surface area contributed by atoms with Crippen LogP contribution in [0.4, 0.5) is 10.1 Å². The summed E-state index contributed by atoms with van der Waals surface area (Å²) in [5.41, 5.74) is 1.94. The number of nitrogens with one attached hydrogen (secondary N) is 1. The Morgan fingerprint density at radius 2 is 1.95 bits per heavy atom. The van der Waals surface area contributed by atoms with E-state index in [1.165, 1.54) is 12.4 Å². The maximum Gasteiger partial charge on any atom is 0.224 e. The Labute approximate surface area is 129 Å². The molecule has 1 amide bonds. The molecule has 0 radical (unpaired) electrons. The summed E-state index contributed by atoms with van der Waals surface area (Å²) in [7, 11) is 3.84. The number of hydrogen-bond donors (Lipinski definition) is 1.